The minimum absolute atomic E-state index is 0.131. The van der Waals surface area contributed by atoms with Crippen LogP contribution in [0, 0.1) is 5.92 Å². The van der Waals surface area contributed by atoms with Crippen LogP contribution < -0.4 is 0 Å². The van der Waals surface area contributed by atoms with Gasteiger partial charge >= 0.3 is 0 Å². The highest BCUT2D eigenvalue weighted by Gasteiger charge is 2.36. The normalized spacial score (nSPS) is 11.8. The van der Waals surface area contributed by atoms with Crippen molar-refractivity contribution in [1.82, 2.24) is 0 Å². The van der Waals surface area contributed by atoms with Crippen molar-refractivity contribution in [2.75, 3.05) is 0 Å². The van der Waals surface area contributed by atoms with E-state index in [1.165, 1.54) is 62.5 Å². The van der Waals surface area contributed by atoms with E-state index >= 15 is 0 Å². The lowest BCUT2D eigenvalue weighted by molar-refractivity contribution is 0.330. The van der Waals surface area contributed by atoms with Gasteiger partial charge in [-0.2, -0.15) is 0 Å². The standard InChI is InChI=1S/C25H36/c1-4-5-6-7-8-9-16-21-25(22(2)3,23-17-12-10-13-18-23)24-19-14-11-15-20-24/h10-15,17-20,22H,4-9,16,21H2,1-3H3. The minimum atomic E-state index is 0.131. The molecule has 0 N–H and O–H groups in total. The van der Waals surface area contributed by atoms with E-state index in [-0.39, 0.29) is 5.41 Å². The molecule has 0 saturated carbocycles. The maximum Gasteiger partial charge on any atom is 0.0225 e. The van der Waals surface area contributed by atoms with Crippen molar-refractivity contribution in [3.8, 4) is 0 Å². The van der Waals surface area contributed by atoms with Crippen LogP contribution in [0.4, 0.5) is 0 Å². The van der Waals surface area contributed by atoms with E-state index in [0.29, 0.717) is 5.92 Å². The van der Waals surface area contributed by atoms with Gasteiger partial charge in [-0.05, 0) is 23.5 Å². The molecule has 136 valence electrons. The molecule has 0 spiro atoms. The molecule has 0 heteroatoms. The summed E-state index contributed by atoms with van der Waals surface area (Å²) in [6.07, 6.45) is 10.8. The summed E-state index contributed by atoms with van der Waals surface area (Å²) in [7, 11) is 0. The van der Waals surface area contributed by atoms with E-state index in [4.69, 9.17) is 0 Å². The first-order chi connectivity index (χ1) is 12.2. The van der Waals surface area contributed by atoms with Gasteiger partial charge in [0.05, 0.1) is 0 Å². The largest absolute Gasteiger partial charge is 0.0654 e. The zero-order valence-corrected chi connectivity index (χ0v) is 16.5. The Kier molecular flexibility index (Phi) is 8.25. The van der Waals surface area contributed by atoms with Crippen LogP contribution in [0.25, 0.3) is 0 Å². The van der Waals surface area contributed by atoms with Crippen molar-refractivity contribution in [3.05, 3.63) is 71.8 Å². The lowest BCUT2D eigenvalue weighted by Gasteiger charge is -2.39. The molecule has 2 aromatic rings. The Morgan fingerprint density at radius 1 is 0.640 bits per heavy atom. The van der Waals surface area contributed by atoms with E-state index in [1.54, 1.807) is 0 Å². The van der Waals surface area contributed by atoms with Gasteiger partial charge in [0.25, 0.3) is 0 Å². The quantitative estimate of drug-likeness (QED) is 0.368. The Labute approximate surface area is 155 Å². The van der Waals surface area contributed by atoms with Gasteiger partial charge in [0, 0.05) is 5.41 Å². The number of hydrogen-bond acceptors (Lipinski definition) is 0. The molecule has 0 unspecified atom stereocenters. The van der Waals surface area contributed by atoms with E-state index in [0.717, 1.165) is 0 Å². The second-order valence-electron chi connectivity index (χ2n) is 7.73. The van der Waals surface area contributed by atoms with E-state index in [1.807, 2.05) is 0 Å². The van der Waals surface area contributed by atoms with Gasteiger partial charge in [0.1, 0.15) is 0 Å². The topological polar surface area (TPSA) is 0 Å². The zero-order chi connectivity index (χ0) is 18.0. The number of rotatable bonds is 11. The molecule has 0 radical (unpaired) electrons. The Balaban J connectivity index is 2.15. The Bertz CT molecular complexity index is 528. The molecule has 0 amide bonds. The van der Waals surface area contributed by atoms with Gasteiger partial charge in [-0.1, -0.05) is 126 Å². The molecule has 0 fully saturated rings. The molecular formula is C25H36. The van der Waals surface area contributed by atoms with Crippen LogP contribution in [-0.4, -0.2) is 0 Å². The highest BCUT2D eigenvalue weighted by molar-refractivity contribution is 5.40. The smallest absolute Gasteiger partial charge is 0.0225 e. The van der Waals surface area contributed by atoms with Gasteiger partial charge in [0.2, 0.25) is 0 Å². The third-order valence-electron chi connectivity index (χ3n) is 5.74. The summed E-state index contributed by atoms with van der Waals surface area (Å²) in [5, 5.41) is 0. The minimum Gasteiger partial charge on any atom is -0.0654 e. The Morgan fingerprint density at radius 2 is 1.08 bits per heavy atom. The van der Waals surface area contributed by atoms with Crippen LogP contribution >= 0.6 is 0 Å². The lowest BCUT2D eigenvalue weighted by Crippen LogP contribution is -2.33. The highest BCUT2D eigenvalue weighted by Crippen LogP contribution is 2.43. The summed E-state index contributed by atoms with van der Waals surface area (Å²) in [4.78, 5) is 0. The first-order valence-corrected chi connectivity index (χ1v) is 10.3. The molecule has 0 aliphatic heterocycles. The van der Waals surface area contributed by atoms with E-state index < -0.39 is 0 Å². The molecule has 0 atom stereocenters. The average Bonchev–Trinajstić information content (AvgIpc) is 2.65. The molecule has 0 aromatic heterocycles. The average molecular weight is 337 g/mol. The number of hydrogen-bond donors (Lipinski definition) is 0. The van der Waals surface area contributed by atoms with Gasteiger partial charge in [-0.25, -0.2) is 0 Å². The van der Waals surface area contributed by atoms with Gasteiger partial charge < -0.3 is 0 Å². The summed E-state index contributed by atoms with van der Waals surface area (Å²) in [6, 6.07) is 22.4. The van der Waals surface area contributed by atoms with Crippen LogP contribution in [0.15, 0.2) is 60.7 Å². The van der Waals surface area contributed by atoms with Crippen molar-refractivity contribution in [3.63, 3.8) is 0 Å². The second kappa shape index (κ2) is 10.4. The third kappa shape index (κ3) is 5.21. The van der Waals surface area contributed by atoms with E-state index in [2.05, 4.69) is 81.4 Å². The summed E-state index contributed by atoms with van der Waals surface area (Å²) < 4.78 is 0. The summed E-state index contributed by atoms with van der Waals surface area (Å²) in [6.45, 7) is 7.07. The maximum absolute atomic E-state index is 2.39. The third-order valence-corrected chi connectivity index (χ3v) is 5.74. The first-order valence-electron chi connectivity index (χ1n) is 10.3. The molecule has 0 aliphatic carbocycles. The molecular weight excluding hydrogens is 300 g/mol. The fraction of sp³-hybridized carbons (Fsp3) is 0.520. The van der Waals surface area contributed by atoms with Crippen LogP contribution in [-0.2, 0) is 5.41 Å². The Morgan fingerprint density at radius 3 is 1.52 bits per heavy atom. The number of unbranched alkanes of at least 4 members (excludes halogenated alkanes) is 6. The van der Waals surface area contributed by atoms with Crippen molar-refractivity contribution in [2.45, 2.75) is 77.6 Å². The second-order valence-corrected chi connectivity index (χ2v) is 7.73. The van der Waals surface area contributed by atoms with Crippen molar-refractivity contribution in [2.24, 2.45) is 5.92 Å². The molecule has 0 bridgehead atoms. The van der Waals surface area contributed by atoms with Crippen molar-refractivity contribution in [1.29, 1.82) is 0 Å². The summed E-state index contributed by atoms with van der Waals surface area (Å²) >= 11 is 0. The highest BCUT2D eigenvalue weighted by atomic mass is 14.4. The van der Waals surface area contributed by atoms with E-state index in [9.17, 15) is 0 Å². The Hall–Kier alpha value is -1.56. The molecule has 0 aliphatic rings. The molecule has 0 nitrogen and oxygen atoms in total. The predicted molar refractivity (Wildman–Crippen MR) is 111 cm³/mol. The predicted octanol–water partition coefficient (Wildman–Crippen LogP) is 7.77. The van der Waals surface area contributed by atoms with Crippen molar-refractivity contribution >= 4 is 0 Å². The fourth-order valence-corrected chi connectivity index (χ4v) is 4.24. The molecule has 2 rings (SSSR count). The lowest BCUT2D eigenvalue weighted by atomic mass is 9.64. The van der Waals surface area contributed by atoms with Crippen LogP contribution in [0.2, 0.25) is 0 Å². The van der Waals surface area contributed by atoms with Gasteiger partial charge in [-0.3, -0.25) is 0 Å². The van der Waals surface area contributed by atoms with Crippen LogP contribution in [0.5, 0.6) is 0 Å². The molecule has 25 heavy (non-hydrogen) atoms. The van der Waals surface area contributed by atoms with Crippen LogP contribution in [0.3, 0.4) is 0 Å². The van der Waals surface area contributed by atoms with Crippen molar-refractivity contribution < 1.29 is 0 Å². The SMILES string of the molecule is CCCCCCCCCC(c1ccccc1)(c1ccccc1)C(C)C. The summed E-state index contributed by atoms with van der Waals surface area (Å²) in [5.41, 5.74) is 3.08. The molecule has 0 saturated heterocycles. The monoisotopic (exact) mass is 336 g/mol. The molecule has 0 heterocycles. The van der Waals surface area contributed by atoms with Crippen LogP contribution in [0.1, 0.15) is 83.3 Å². The first kappa shape index (κ1) is 19.8. The van der Waals surface area contributed by atoms with Gasteiger partial charge in [-0.15, -0.1) is 0 Å². The zero-order valence-electron chi connectivity index (χ0n) is 16.5. The summed E-state index contributed by atoms with van der Waals surface area (Å²) in [5.74, 6) is 0.581. The fourth-order valence-electron chi connectivity index (χ4n) is 4.24. The maximum atomic E-state index is 2.39. The van der Waals surface area contributed by atoms with Gasteiger partial charge in [0.15, 0.2) is 0 Å². The molecule has 2 aromatic carbocycles. The number of benzene rings is 2.